The molecule has 1 heterocycles. The van der Waals surface area contributed by atoms with Gasteiger partial charge in [0.2, 0.25) is 11.4 Å². The number of aliphatic hydroxyl groups is 1. The van der Waals surface area contributed by atoms with Crippen LogP contribution < -0.4 is 16.7 Å². The molecule has 3 aromatic rings. The summed E-state index contributed by atoms with van der Waals surface area (Å²) in [5.41, 5.74) is -3.89. The summed E-state index contributed by atoms with van der Waals surface area (Å²) < 4.78 is 122. The van der Waals surface area contributed by atoms with Crippen LogP contribution in [0.5, 0.6) is 0 Å². The van der Waals surface area contributed by atoms with E-state index in [1.807, 2.05) is 0 Å². The maximum Gasteiger partial charge on any atom is 0.425 e. The molecule has 2 atom stereocenters. The van der Waals surface area contributed by atoms with Crippen molar-refractivity contribution in [3.05, 3.63) is 75.2 Å². The Morgan fingerprint density at radius 3 is 2.05 bits per heavy atom. The van der Waals surface area contributed by atoms with Gasteiger partial charge in [-0.1, -0.05) is 23.7 Å². The molecule has 1 unspecified atom stereocenters. The van der Waals surface area contributed by atoms with E-state index in [4.69, 9.17) is 17.3 Å². The molecule has 19 heteroatoms. The highest BCUT2D eigenvalue weighted by Crippen LogP contribution is 2.41. The summed E-state index contributed by atoms with van der Waals surface area (Å²) in [6.07, 6.45) is -19.3. The lowest BCUT2D eigenvalue weighted by molar-refractivity contribution is -0.207. The number of nitrogens with two attached hydrogens (primary N) is 1. The zero-order valence-electron chi connectivity index (χ0n) is 20.5. The van der Waals surface area contributed by atoms with Crippen LogP contribution in [0.15, 0.2) is 53.3 Å². The van der Waals surface area contributed by atoms with Gasteiger partial charge in [0.25, 0.3) is 5.91 Å². The highest BCUT2D eigenvalue weighted by molar-refractivity contribution is 6.30. The number of rotatable bonds is 8. The Balaban J connectivity index is 2.09. The van der Waals surface area contributed by atoms with Crippen LogP contribution in [0.2, 0.25) is 5.02 Å². The predicted molar refractivity (Wildman–Crippen MR) is 126 cm³/mol. The van der Waals surface area contributed by atoms with E-state index >= 15 is 0 Å². The Labute approximate surface area is 233 Å². The summed E-state index contributed by atoms with van der Waals surface area (Å²) in [6, 6.07) is 6.20. The van der Waals surface area contributed by atoms with Gasteiger partial charge in [-0.3, -0.25) is 14.2 Å². The molecule has 228 valence electrons. The summed E-state index contributed by atoms with van der Waals surface area (Å²) in [4.78, 5) is 37.8. The first kappa shape index (κ1) is 32.5. The first-order valence-electron chi connectivity index (χ1n) is 11.2. The number of nitrogens with zero attached hydrogens (tertiary/aromatic N) is 3. The van der Waals surface area contributed by atoms with E-state index in [1.54, 1.807) is 0 Å². The molecule has 0 saturated heterocycles. The summed E-state index contributed by atoms with van der Waals surface area (Å²) in [5, 5.41) is 14.6. The van der Waals surface area contributed by atoms with Gasteiger partial charge in [0.1, 0.15) is 6.54 Å². The lowest BCUT2D eigenvalue weighted by Crippen LogP contribution is -2.64. The van der Waals surface area contributed by atoms with Crippen molar-refractivity contribution in [3.63, 3.8) is 0 Å². The molecule has 0 spiro atoms. The molecular weight excluding hydrogens is 617 g/mol. The minimum atomic E-state index is -5.83. The van der Waals surface area contributed by atoms with Crippen LogP contribution in [0, 0.1) is 0 Å². The first-order chi connectivity index (χ1) is 19.2. The topological polar surface area (TPSA) is 132 Å². The second kappa shape index (κ2) is 11.3. The van der Waals surface area contributed by atoms with Crippen LogP contribution in [0.1, 0.15) is 11.1 Å². The van der Waals surface area contributed by atoms with Crippen LogP contribution in [-0.2, 0) is 34.4 Å². The van der Waals surface area contributed by atoms with Crippen molar-refractivity contribution in [1.82, 2.24) is 19.7 Å². The van der Waals surface area contributed by atoms with Crippen molar-refractivity contribution in [2.45, 2.75) is 43.3 Å². The molecule has 42 heavy (non-hydrogen) atoms. The van der Waals surface area contributed by atoms with E-state index in [2.05, 4.69) is 5.10 Å². The molecule has 0 bridgehead atoms. The average Bonchev–Trinajstić information content (AvgIpc) is 3.15. The van der Waals surface area contributed by atoms with E-state index in [9.17, 15) is 59.0 Å². The van der Waals surface area contributed by atoms with Crippen LogP contribution >= 0.6 is 11.6 Å². The van der Waals surface area contributed by atoms with E-state index in [0.717, 1.165) is 0 Å². The largest absolute Gasteiger partial charge is 0.425 e. The maximum absolute atomic E-state index is 14.3. The van der Waals surface area contributed by atoms with Crippen molar-refractivity contribution in [1.29, 1.82) is 0 Å². The van der Waals surface area contributed by atoms with E-state index in [1.165, 1.54) is 29.6 Å². The maximum atomic E-state index is 14.3. The number of hydrogen-bond donors (Lipinski definition) is 3. The minimum Gasteiger partial charge on any atom is -0.382 e. The molecule has 0 radical (unpaired) electrons. The fraction of sp³-hybridized carbons (Fsp3) is 0.304. The number of primary amides is 1. The van der Waals surface area contributed by atoms with Crippen molar-refractivity contribution in [2.75, 3.05) is 0 Å². The number of nitrogens with one attached hydrogen (secondary N) is 1. The number of carbonyl (C=O) groups is 2. The number of aromatic nitrogens is 3. The molecule has 4 N–H and O–H groups in total. The quantitative estimate of drug-likeness (QED) is 0.328. The number of hydrogen-bond acceptors (Lipinski definition) is 5. The number of carbonyl (C=O) groups excluding carboxylic acids is 2. The van der Waals surface area contributed by atoms with Gasteiger partial charge in [0.05, 0.1) is 12.1 Å². The Morgan fingerprint density at radius 1 is 0.976 bits per heavy atom. The van der Waals surface area contributed by atoms with E-state index in [-0.39, 0.29) is 25.9 Å². The van der Waals surface area contributed by atoms with Gasteiger partial charge in [-0.2, -0.15) is 39.5 Å². The third-order valence-corrected chi connectivity index (χ3v) is 6.05. The SMILES string of the molecule is NC(=O)C(NC(=O)Cn1nc(-c2ccc(Cl)cc2)n(C[C@H](O)C(F)(F)F)c1=O)(c1cccc(C(F)(F)F)c1)C(F)(F)F. The van der Waals surface area contributed by atoms with Gasteiger partial charge < -0.3 is 16.2 Å². The molecule has 3 rings (SSSR count). The third-order valence-electron chi connectivity index (χ3n) is 5.80. The van der Waals surface area contributed by atoms with Crippen molar-refractivity contribution < 1.29 is 54.2 Å². The van der Waals surface area contributed by atoms with Crippen LogP contribution in [0.25, 0.3) is 11.4 Å². The molecule has 2 aromatic carbocycles. The Hall–Kier alpha value is -4.06. The fourth-order valence-corrected chi connectivity index (χ4v) is 3.89. The fourth-order valence-electron chi connectivity index (χ4n) is 3.76. The van der Waals surface area contributed by atoms with Gasteiger partial charge in [-0.15, -0.1) is 5.10 Å². The van der Waals surface area contributed by atoms with Crippen LogP contribution in [-0.4, -0.2) is 49.7 Å². The monoisotopic (exact) mass is 633 g/mol. The predicted octanol–water partition coefficient (Wildman–Crippen LogP) is 3.37. The Bertz CT molecular complexity index is 1530. The van der Waals surface area contributed by atoms with Gasteiger partial charge in [0, 0.05) is 10.6 Å². The normalized spacial score (nSPS) is 14.7. The van der Waals surface area contributed by atoms with Crippen LogP contribution in [0.4, 0.5) is 39.5 Å². The van der Waals surface area contributed by atoms with Crippen molar-refractivity contribution >= 4 is 23.4 Å². The smallest absolute Gasteiger partial charge is 0.382 e. The Morgan fingerprint density at radius 2 is 1.55 bits per heavy atom. The standard InChI is InChI=1S/C23H17ClF9N5O4/c24-14-6-4-11(5-7-14)17-36-38(19(42)37(17)9-15(39)22(28,29)30)10-16(40)35-20(18(34)41,23(31,32)33)12-2-1-3-13(8-12)21(25,26)27/h1-8,15,39H,9-10H2,(H2,34,41)(H,35,40)/t15-,20?/m0/s1. The zero-order chi connectivity index (χ0) is 31.8. The van der Waals surface area contributed by atoms with Gasteiger partial charge in [0.15, 0.2) is 11.9 Å². The highest BCUT2D eigenvalue weighted by Gasteiger charge is 2.62. The molecule has 0 aliphatic rings. The summed E-state index contributed by atoms with van der Waals surface area (Å²) in [5.74, 6) is -4.74. The molecular formula is C23H17ClF9N5O4. The Kier molecular flexibility index (Phi) is 8.74. The van der Waals surface area contributed by atoms with Crippen LogP contribution in [0.3, 0.4) is 0 Å². The molecule has 1 aromatic heterocycles. The lowest BCUT2D eigenvalue weighted by atomic mass is 9.86. The summed E-state index contributed by atoms with van der Waals surface area (Å²) >= 11 is 5.77. The molecule has 0 aliphatic heterocycles. The van der Waals surface area contributed by atoms with E-state index in [0.29, 0.717) is 18.2 Å². The lowest BCUT2D eigenvalue weighted by Gasteiger charge is -2.34. The second-order valence-electron chi connectivity index (χ2n) is 8.68. The number of aliphatic hydroxyl groups excluding tert-OH is 1. The molecule has 2 amide bonds. The molecule has 9 nitrogen and oxygen atoms in total. The van der Waals surface area contributed by atoms with Crippen molar-refractivity contribution in [3.8, 4) is 11.4 Å². The number of halogens is 10. The summed E-state index contributed by atoms with van der Waals surface area (Å²) in [7, 11) is 0. The minimum absolute atomic E-state index is 0.0589. The number of alkyl halides is 9. The third kappa shape index (κ3) is 6.53. The summed E-state index contributed by atoms with van der Waals surface area (Å²) in [6.45, 7) is -2.92. The zero-order valence-corrected chi connectivity index (χ0v) is 21.2. The second-order valence-corrected chi connectivity index (χ2v) is 9.11. The average molecular weight is 634 g/mol. The van der Waals surface area contributed by atoms with Gasteiger partial charge in [-0.25, -0.2) is 9.48 Å². The highest BCUT2D eigenvalue weighted by atomic mass is 35.5. The van der Waals surface area contributed by atoms with E-state index < -0.39 is 77.7 Å². The number of amides is 2. The van der Waals surface area contributed by atoms with Gasteiger partial charge in [-0.05, 0) is 42.0 Å². The number of benzene rings is 2. The first-order valence-corrected chi connectivity index (χ1v) is 11.6. The molecule has 0 saturated carbocycles. The van der Waals surface area contributed by atoms with Gasteiger partial charge >= 0.3 is 24.2 Å². The van der Waals surface area contributed by atoms with Crippen molar-refractivity contribution in [2.24, 2.45) is 5.73 Å². The molecule has 0 aliphatic carbocycles. The molecule has 0 fully saturated rings.